The van der Waals surface area contributed by atoms with Crippen molar-refractivity contribution in [3.8, 4) is 5.75 Å². The molecular formula is C25H22N2O2S. The molecule has 0 aliphatic carbocycles. The minimum absolute atomic E-state index is 0.0231. The van der Waals surface area contributed by atoms with Crippen LogP contribution < -0.4 is 15.4 Å². The number of hydrogen-bond acceptors (Lipinski definition) is 3. The number of nitrogens with one attached hydrogen (secondary N) is 2. The Kier molecular flexibility index (Phi) is 5.91. The standard InChI is InChI=1S/C25H22N2O2S/c1-17-22(24(28)20-10-6-3-7-11-20)23(27-25(30)26-17)19-12-14-21(15-13-19)29-16-18-8-4-2-5-9-18/h2-15,23H,16H2,1H3,(H2,26,27,30). The summed E-state index contributed by atoms with van der Waals surface area (Å²) in [5.74, 6) is 0.751. The second kappa shape index (κ2) is 8.93. The minimum Gasteiger partial charge on any atom is -0.489 e. The second-order valence-corrected chi connectivity index (χ2v) is 7.52. The molecule has 4 rings (SSSR count). The zero-order valence-corrected chi connectivity index (χ0v) is 17.4. The Bertz CT molecular complexity index is 1080. The summed E-state index contributed by atoms with van der Waals surface area (Å²) in [6.07, 6.45) is 0. The van der Waals surface area contributed by atoms with Gasteiger partial charge in [0, 0.05) is 16.8 Å². The van der Waals surface area contributed by atoms with Crippen molar-refractivity contribution in [2.24, 2.45) is 0 Å². The number of hydrogen-bond donors (Lipinski definition) is 2. The fourth-order valence-corrected chi connectivity index (χ4v) is 3.76. The lowest BCUT2D eigenvalue weighted by Gasteiger charge is -2.30. The Morgan fingerprint density at radius 3 is 2.23 bits per heavy atom. The second-order valence-electron chi connectivity index (χ2n) is 7.11. The molecule has 3 aromatic carbocycles. The van der Waals surface area contributed by atoms with Gasteiger partial charge >= 0.3 is 0 Å². The molecule has 1 unspecified atom stereocenters. The van der Waals surface area contributed by atoms with E-state index < -0.39 is 0 Å². The molecule has 0 bridgehead atoms. The molecule has 0 aromatic heterocycles. The maximum atomic E-state index is 13.2. The van der Waals surface area contributed by atoms with Crippen molar-refractivity contribution in [2.45, 2.75) is 19.6 Å². The van der Waals surface area contributed by atoms with Crippen LogP contribution in [0, 0.1) is 0 Å². The summed E-state index contributed by atoms with van der Waals surface area (Å²) in [6.45, 7) is 2.39. The number of thiocarbonyl (C=S) groups is 1. The number of Topliss-reactive ketones (excluding diaryl/α,β-unsaturated/α-hetero) is 1. The van der Waals surface area contributed by atoms with Gasteiger partial charge < -0.3 is 15.4 Å². The minimum atomic E-state index is -0.324. The van der Waals surface area contributed by atoms with Crippen molar-refractivity contribution in [3.63, 3.8) is 0 Å². The molecule has 0 saturated heterocycles. The average molecular weight is 415 g/mol. The van der Waals surface area contributed by atoms with Crippen LogP contribution in [0.25, 0.3) is 0 Å². The SMILES string of the molecule is CC1=C(C(=O)c2ccccc2)C(c2ccc(OCc3ccccc3)cc2)NC(=S)N1. The van der Waals surface area contributed by atoms with E-state index in [0.717, 1.165) is 22.6 Å². The molecule has 4 nitrogen and oxygen atoms in total. The third kappa shape index (κ3) is 4.42. The lowest BCUT2D eigenvalue weighted by Crippen LogP contribution is -2.44. The molecule has 1 aliphatic rings. The van der Waals surface area contributed by atoms with Crippen LogP contribution in [0.5, 0.6) is 5.75 Å². The molecule has 2 N–H and O–H groups in total. The van der Waals surface area contributed by atoms with Crippen molar-refractivity contribution in [1.29, 1.82) is 0 Å². The van der Waals surface area contributed by atoms with E-state index in [2.05, 4.69) is 10.6 Å². The lowest BCUT2D eigenvalue weighted by molar-refractivity contribution is 0.102. The van der Waals surface area contributed by atoms with Gasteiger partial charge in [0.15, 0.2) is 10.9 Å². The molecule has 1 atom stereocenters. The van der Waals surface area contributed by atoms with Crippen LogP contribution in [-0.4, -0.2) is 10.9 Å². The molecule has 3 aromatic rings. The van der Waals surface area contributed by atoms with E-state index in [-0.39, 0.29) is 11.8 Å². The van der Waals surface area contributed by atoms with Crippen molar-refractivity contribution in [2.75, 3.05) is 0 Å². The van der Waals surface area contributed by atoms with Gasteiger partial charge in [0.1, 0.15) is 12.4 Å². The van der Waals surface area contributed by atoms with Gasteiger partial charge in [-0.1, -0.05) is 72.8 Å². The zero-order chi connectivity index (χ0) is 20.9. The number of benzene rings is 3. The smallest absolute Gasteiger partial charge is 0.193 e. The number of carbonyl (C=O) groups is 1. The maximum Gasteiger partial charge on any atom is 0.193 e. The Balaban J connectivity index is 1.57. The summed E-state index contributed by atoms with van der Waals surface area (Å²) in [7, 11) is 0. The molecule has 0 fully saturated rings. The first-order chi connectivity index (χ1) is 14.6. The summed E-state index contributed by atoms with van der Waals surface area (Å²) < 4.78 is 5.88. The van der Waals surface area contributed by atoms with Gasteiger partial charge in [0.05, 0.1) is 6.04 Å². The first-order valence-corrected chi connectivity index (χ1v) is 10.2. The molecule has 0 spiro atoms. The Morgan fingerprint density at radius 2 is 1.57 bits per heavy atom. The molecule has 0 amide bonds. The van der Waals surface area contributed by atoms with Crippen LogP contribution in [0.3, 0.4) is 0 Å². The predicted molar refractivity (Wildman–Crippen MR) is 122 cm³/mol. The first kappa shape index (κ1) is 19.9. The molecular weight excluding hydrogens is 392 g/mol. The van der Waals surface area contributed by atoms with Crippen LogP contribution in [0.2, 0.25) is 0 Å². The van der Waals surface area contributed by atoms with E-state index in [4.69, 9.17) is 17.0 Å². The molecule has 30 heavy (non-hydrogen) atoms. The van der Waals surface area contributed by atoms with Crippen molar-refractivity contribution < 1.29 is 9.53 Å². The molecule has 5 heteroatoms. The third-order valence-corrected chi connectivity index (χ3v) is 5.23. The van der Waals surface area contributed by atoms with Gasteiger partial charge in [0.25, 0.3) is 0 Å². The van der Waals surface area contributed by atoms with Gasteiger partial charge in [-0.3, -0.25) is 4.79 Å². The summed E-state index contributed by atoms with van der Waals surface area (Å²) in [4.78, 5) is 13.2. The number of ketones is 1. The largest absolute Gasteiger partial charge is 0.489 e. The van der Waals surface area contributed by atoms with Crippen LogP contribution >= 0.6 is 12.2 Å². The predicted octanol–water partition coefficient (Wildman–Crippen LogP) is 4.94. The highest BCUT2D eigenvalue weighted by atomic mass is 32.1. The Labute approximate surface area is 181 Å². The normalized spacial score (nSPS) is 15.9. The van der Waals surface area contributed by atoms with E-state index in [1.54, 1.807) is 0 Å². The molecule has 0 saturated carbocycles. The van der Waals surface area contributed by atoms with E-state index in [1.807, 2.05) is 91.9 Å². The molecule has 1 aliphatic heterocycles. The monoisotopic (exact) mass is 414 g/mol. The highest BCUT2D eigenvalue weighted by Gasteiger charge is 2.30. The van der Waals surface area contributed by atoms with Gasteiger partial charge in [-0.25, -0.2) is 0 Å². The zero-order valence-electron chi connectivity index (χ0n) is 16.6. The Hall–Kier alpha value is -3.44. The maximum absolute atomic E-state index is 13.2. The summed E-state index contributed by atoms with van der Waals surface area (Å²) in [6, 6.07) is 26.8. The molecule has 150 valence electrons. The summed E-state index contributed by atoms with van der Waals surface area (Å²) >= 11 is 5.35. The highest BCUT2D eigenvalue weighted by Crippen LogP contribution is 2.30. The van der Waals surface area contributed by atoms with E-state index >= 15 is 0 Å². The van der Waals surface area contributed by atoms with E-state index in [1.165, 1.54) is 0 Å². The van der Waals surface area contributed by atoms with Crippen LogP contribution in [-0.2, 0) is 6.61 Å². The average Bonchev–Trinajstić information content (AvgIpc) is 2.78. The summed E-state index contributed by atoms with van der Waals surface area (Å²) in [5.41, 5.74) is 4.14. The topological polar surface area (TPSA) is 50.4 Å². The van der Waals surface area contributed by atoms with Gasteiger partial charge in [-0.05, 0) is 42.4 Å². The van der Waals surface area contributed by atoms with Crippen LogP contribution in [0.1, 0.15) is 34.5 Å². The molecule has 0 radical (unpaired) electrons. The fraction of sp³-hybridized carbons (Fsp3) is 0.120. The third-order valence-electron chi connectivity index (χ3n) is 5.01. The Morgan fingerprint density at radius 1 is 0.933 bits per heavy atom. The summed E-state index contributed by atoms with van der Waals surface area (Å²) in [5, 5.41) is 6.83. The van der Waals surface area contributed by atoms with Crippen molar-refractivity contribution >= 4 is 23.1 Å². The lowest BCUT2D eigenvalue weighted by atomic mass is 9.90. The fourth-order valence-electron chi connectivity index (χ4n) is 3.49. The van der Waals surface area contributed by atoms with Crippen LogP contribution in [0.4, 0.5) is 0 Å². The van der Waals surface area contributed by atoms with E-state index in [9.17, 15) is 4.79 Å². The van der Waals surface area contributed by atoms with E-state index in [0.29, 0.717) is 22.9 Å². The highest BCUT2D eigenvalue weighted by molar-refractivity contribution is 7.80. The first-order valence-electron chi connectivity index (χ1n) is 9.76. The van der Waals surface area contributed by atoms with Crippen LogP contribution in [0.15, 0.2) is 96.2 Å². The van der Waals surface area contributed by atoms with Gasteiger partial charge in [-0.15, -0.1) is 0 Å². The van der Waals surface area contributed by atoms with Crippen molar-refractivity contribution in [3.05, 3.63) is 113 Å². The number of ether oxygens (including phenoxy) is 1. The molecule has 1 heterocycles. The van der Waals surface area contributed by atoms with Gasteiger partial charge in [0.2, 0.25) is 0 Å². The number of carbonyl (C=O) groups excluding carboxylic acids is 1. The quantitative estimate of drug-likeness (QED) is 0.442. The van der Waals surface area contributed by atoms with Gasteiger partial charge in [-0.2, -0.15) is 0 Å². The van der Waals surface area contributed by atoms with Crippen molar-refractivity contribution in [1.82, 2.24) is 10.6 Å². The number of allylic oxidation sites excluding steroid dienone is 1. The number of rotatable bonds is 6.